The van der Waals surface area contributed by atoms with Gasteiger partial charge in [0.15, 0.2) is 0 Å². The highest BCUT2D eigenvalue weighted by molar-refractivity contribution is 8.00. The van der Waals surface area contributed by atoms with Crippen LogP contribution < -0.4 is 5.32 Å². The highest BCUT2D eigenvalue weighted by Crippen LogP contribution is 2.51. The largest absolute Gasteiger partial charge is 0.435 e. The summed E-state index contributed by atoms with van der Waals surface area (Å²) >= 11 is 13.3. The summed E-state index contributed by atoms with van der Waals surface area (Å²) in [5.41, 5.74) is -3.21. The van der Waals surface area contributed by atoms with Gasteiger partial charge in [-0.25, -0.2) is 0 Å². The average Bonchev–Trinajstić information content (AvgIpc) is 3.19. The number of alkyl halides is 6. The van der Waals surface area contributed by atoms with Crippen molar-refractivity contribution in [3.05, 3.63) is 68.2 Å². The molecule has 0 amide bonds. The summed E-state index contributed by atoms with van der Waals surface area (Å²) in [5.74, 6) is 2.01. The lowest BCUT2D eigenvalue weighted by molar-refractivity contribution is -0.276. The summed E-state index contributed by atoms with van der Waals surface area (Å²) in [4.78, 5) is 4.88. The van der Waals surface area contributed by atoms with Gasteiger partial charge in [-0.1, -0.05) is 40.5 Å². The third-order valence-corrected chi connectivity index (χ3v) is 8.69. The van der Waals surface area contributed by atoms with Crippen molar-refractivity contribution in [3.63, 3.8) is 0 Å². The predicted octanol–water partition coefficient (Wildman–Crippen LogP) is 7.50. The van der Waals surface area contributed by atoms with Gasteiger partial charge in [0, 0.05) is 35.6 Å². The summed E-state index contributed by atoms with van der Waals surface area (Å²) in [6.07, 6.45) is -10.9. The molecule has 2 aromatic carbocycles. The standard InChI is InChI=1S/C23H20Cl2F6N2OS/c1-12-5-13(3-4-14(12)9-32-20(2)10-35-11-20)18-8-21(34-33-18,23(29,30)31)15-6-16(22(26,27)28)19(25)17(24)7-15/h3-7,32H,8-11H2,1-2H3. The molecule has 0 saturated carbocycles. The molecule has 0 aromatic heterocycles. The lowest BCUT2D eigenvalue weighted by Crippen LogP contribution is -2.52. The van der Waals surface area contributed by atoms with E-state index in [1.165, 1.54) is 0 Å². The van der Waals surface area contributed by atoms with Gasteiger partial charge < -0.3 is 10.2 Å². The number of halogens is 8. The van der Waals surface area contributed by atoms with E-state index in [0.717, 1.165) is 28.7 Å². The molecule has 35 heavy (non-hydrogen) atoms. The first-order chi connectivity index (χ1) is 16.2. The van der Waals surface area contributed by atoms with Crippen LogP contribution in [0, 0.1) is 6.92 Å². The third kappa shape index (κ3) is 4.99. The summed E-state index contributed by atoms with van der Waals surface area (Å²) in [5, 5.41) is 5.58. The number of benzene rings is 2. The Kier molecular flexibility index (Phi) is 6.83. The monoisotopic (exact) mass is 556 g/mol. The van der Waals surface area contributed by atoms with Crippen molar-refractivity contribution >= 4 is 40.7 Å². The number of nitrogens with zero attached hydrogens (tertiary/aromatic N) is 1. The fraction of sp³-hybridized carbons (Fsp3) is 0.435. The van der Waals surface area contributed by atoms with Crippen molar-refractivity contribution in [2.24, 2.45) is 5.16 Å². The van der Waals surface area contributed by atoms with E-state index in [1.54, 1.807) is 18.2 Å². The van der Waals surface area contributed by atoms with Crippen molar-refractivity contribution in [1.82, 2.24) is 5.32 Å². The maximum Gasteiger partial charge on any atom is 0.435 e. The highest BCUT2D eigenvalue weighted by atomic mass is 35.5. The number of nitrogens with one attached hydrogen (secondary N) is 1. The van der Waals surface area contributed by atoms with Gasteiger partial charge in [-0.05, 0) is 48.7 Å². The molecule has 4 rings (SSSR count). The van der Waals surface area contributed by atoms with E-state index in [9.17, 15) is 26.3 Å². The smallest absolute Gasteiger partial charge is 0.374 e. The number of thioether (sulfide) groups is 1. The van der Waals surface area contributed by atoms with Gasteiger partial charge in [0.2, 0.25) is 0 Å². The van der Waals surface area contributed by atoms with Gasteiger partial charge >= 0.3 is 12.4 Å². The molecule has 1 N–H and O–H groups in total. The van der Waals surface area contributed by atoms with Crippen LogP contribution in [0.1, 0.15) is 41.2 Å². The molecule has 1 fully saturated rings. The van der Waals surface area contributed by atoms with Crippen molar-refractivity contribution in [3.8, 4) is 0 Å². The first-order valence-electron chi connectivity index (χ1n) is 10.5. The summed E-state index contributed by atoms with van der Waals surface area (Å²) in [6, 6.07) is 6.18. The minimum absolute atomic E-state index is 0.0353. The number of hydrogen-bond acceptors (Lipinski definition) is 4. The number of rotatable bonds is 5. The molecule has 0 aliphatic carbocycles. The molecule has 190 valence electrons. The Morgan fingerprint density at radius 3 is 2.31 bits per heavy atom. The molecule has 0 spiro atoms. The number of hydrogen-bond donors (Lipinski definition) is 1. The minimum Gasteiger partial charge on any atom is -0.374 e. The zero-order chi connectivity index (χ0) is 25.8. The van der Waals surface area contributed by atoms with Crippen LogP contribution in [0.25, 0.3) is 0 Å². The Hall–Kier alpha value is -1.62. The molecule has 1 unspecified atom stereocenters. The Bertz CT molecular complexity index is 1180. The van der Waals surface area contributed by atoms with Gasteiger partial charge in [0.1, 0.15) is 0 Å². The van der Waals surface area contributed by atoms with E-state index in [2.05, 4.69) is 17.4 Å². The normalized spacial score (nSPS) is 21.9. The predicted molar refractivity (Wildman–Crippen MR) is 125 cm³/mol. The minimum atomic E-state index is -5.09. The van der Waals surface area contributed by atoms with Crippen LogP contribution in [0.2, 0.25) is 10.0 Å². The quantitative estimate of drug-likeness (QED) is 0.387. The molecular weight excluding hydrogens is 537 g/mol. The molecule has 2 heterocycles. The third-order valence-electron chi connectivity index (χ3n) is 6.21. The van der Waals surface area contributed by atoms with E-state index < -0.39 is 45.5 Å². The summed E-state index contributed by atoms with van der Waals surface area (Å²) in [6.45, 7) is 4.56. The van der Waals surface area contributed by atoms with E-state index in [0.29, 0.717) is 18.2 Å². The van der Waals surface area contributed by atoms with Crippen LogP contribution in [0.15, 0.2) is 35.5 Å². The molecule has 3 nitrogen and oxygen atoms in total. The van der Waals surface area contributed by atoms with Gasteiger partial charge in [-0.15, -0.1) is 0 Å². The van der Waals surface area contributed by atoms with Crippen molar-refractivity contribution in [2.75, 3.05) is 11.5 Å². The Morgan fingerprint density at radius 1 is 1.09 bits per heavy atom. The Labute approximate surface area is 212 Å². The summed E-state index contributed by atoms with van der Waals surface area (Å²) < 4.78 is 83.1. The number of oxime groups is 1. The zero-order valence-electron chi connectivity index (χ0n) is 18.5. The van der Waals surface area contributed by atoms with Crippen molar-refractivity contribution in [1.29, 1.82) is 0 Å². The van der Waals surface area contributed by atoms with E-state index in [4.69, 9.17) is 28.0 Å². The first-order valence-corrected chi connectivity index (χ1v) is 12.4. The lowest BCUT2D eigenvalue weighted by Gasteiger charge is -2.38. The molecule has 12 heteroatoms. The Balaban J connectivity index is 1.64. The molecule has 2 aromatic rings. The van der Waals surface area contributed by atoms with Crippen LogP contribution >= 0.6 is 35.0 Å². The average molecular weight is 557 g/mol. The topological polar surface area (TPSA) is 33.6 Å². The number of aryl methyl sites for hydroxylation is 1. The van der Waals surface area contributed by atoms with Gasteiger partial charge in [0.05, 0.1) is 21.3 Å². The van der Waals surface area contributed by atoms with Crippen molar-refractivity contribution < 1.29 is 31.2 Å². The van der Waals surface area contributed by atoms with E-state index in [-0.39, 0.29) is 11.3 Å². The molecular formula is C23H20Cl2F6N2OS. The molecule has 1 atom stereocenters. The first kappa shape index (κ1) is 26.4. The Morgan fingerprint density at radius 2 is 1.77 bits per heavy atom. The second-order valence-corrected chi connectivity index (χ2v) is 10.8. The lowest BCUT2D eigenvalue weighted by atomic mass is 9.85. The highest BCUT2D eigenvalue weighted by Gasteiger charge is 2.63. The fourth-order valence-corrected chi connectivity index (χ4v) is 5.44. The van der Waals surface area contributed by atoms with Gasteiger partial charge in [0.25, 0.3) is 5.60 Å². The molecule has 1 saturated heterocycles. The fourth-order valence-electron chi connectivity index (χ4n) is 3.98. The summed E-state index contributed by atoms with van der Waals surface area (Å²) in [7, 11) is 0. The molecule has 2 aliphatic heterocycles. The maximum atomic E-state index is 14.3. The SMILES string of the molecule is Cc1cc(C2=NOC(c3cc(Cl)c(Cl)c(C(F)(F)F)c3)(C(F)(F)F)C2)ccc1CNC1(C)CSC1. The van der Waals surface area contributed by atoms with E-state index >= 15 is 0 Å². The molecule has 0 radical (unpaired) electrons. The molecule has 2 aliphatic rings. The second kappa shape index (κ2) is 9.04. The van der Waals surface area contributed by atoms with Crippen LogP contribution in [-0.4, -0.2) is 28.9 Å². The second-order valence-electron chi connectivity index (χ2n) is 9.00. The molecule has 0 bridgehead atoms. The van der Waals surface area contributed by atoms with E-state index in [1.807, 2.05) is 18.7 Å². The zero-order valence-corrected chi connectivity index (χ0v) is 20.8. The van der Waals surface area contributed by atoms with Crippen LogP contribution in [-0.2, 0) is 23.2 Å². The van der Waals surface area contributed by atoms with Gasteiger partial charge in [-0.2, -0.15) is 38.1 Å². The maximum absolute atomic E-state index is 14.3. The van der Waals surface area contributed by atoms with Crippen LogP contribution in [0.5, 0.6) is 0 Å². The van der Waals surface area contributed by atoms with Crippen LogP contribution in [0.4, 0.5) is 26.3 Å². The van der Waals surface area contributed by atoms with Crippen LogP contribution in [0.3, 0.4) is 0 Å². The van der Waals surface area contributed by atoms with Crippen molar-refractivity contribution in [2.45, 2.75) is 50.3 Å². The van der Waals surface area contributed by atoms with Gasteiger partial charge in [-0.3, -0.25) is 0 Å².